The van der Waals surface area contributed by atoms with E-state index in [0.29, 0.717) is 0 Å². The molecule has 2 rings (SSSR count). The lowest BCUT2D eigenvalue weighted by Crippen LogP contribution is -2.48. The summed E-state index contributed by atoms with van der Waals surface area (Å²) in [4.78, 5) is 9.14. The lowest BCUT2D eigenvalue weighted by atomic mass is 10.2. The van der Waals surface area contributed by atoms with Gasteiger partial charge in [-0.25, -0.2) is 4.98 Å². The summed E-state index contributed by atoms with van der Waals surface area (Å²) >= 11 is 1.71. The number of nitriles is 1. The first-order chi connectivity index (χ1) is 8.19. The van der Waals surface area contributed by atoms with Gasteiger partial charge in [0.1, 0.15) is 0 Å². The van der Waals surface area contributed by atoms with E-state index in [1.54, 1.807) is 11.3 Å². The molecule has 0 aliphatic carbocycles. The summed E-state index contributed by atoms with van der Waals surface area (Å²) in [7, 11) is 0. The third-order valence-electron chi connectivity index (χ3n) is 3.19. The molecular formula is C12H18N4S. The SMILES string of the molecule is Cc1nc(CN2CCN(C(C)C#N)CC2)cs1. The topological polar surface area (TPSA) is 43.2 Å². The Morgan fingerprint density at radius 1 is 1.47 bits per heavy atom. The maximum Gasteiger partial charge on any atom is 0.0950 e. The standard InChI is InChI=1S/C12H18N4S/c1-10(7-13)16-5-3-15(4-6-16)8-12-9-17-11(2)14-12/h9-10H,3-6,8H2,1-2H3. The van der Waals surface area contributed by atoms with Gasteiger partial charge in [0.2, 0.25) is 0 Å². The van der Waals surface area contributed by atoms with Gasteiger partial charge in [0, 0.05) is 38.1 Å². The fraction of sp³-hybridized carbons (Fsp3) is 0.667. The van der Waals surface area contributed by atoms with Crippen LogP contribution in [-0.4, -0.2) is 47.0 Å². The summed E-state index contributed by atoms with van der Waals surface area (Å²) in [6.45, 7) is 8.99. The van der Waals surface area contributed by atoms with Gasteiger partial charge in [0.05, 0.1) is 22.8 Å². The second kappa shape index (κ2) is 5.58. The third-order valence-corrected chi connectivity index (χ3v) is 4.02. The molecule has 0 radical (unpaired) electrons. The minimum atomic E-state index is 0.0404. The number of hydrogen-bond acceptors (Lipinski definition) is 5. The third kappa shape index (κ3) is 3.25. The zero-order valence-electron chi connectivity index (χ0n) is 10.4. The zero-order valence-corrected chi connectivity index (χ0v) is 11.2. The van der Waals surface area contributed by atoms with Crippen LogP contribution in [-0.2, 0) is 6.54 Å². The molecule has 0 aromatic carbocycles. The van der Waals surface area contributed by atoms with Gasteiger partial charge in [-0.05, 0) is 13.8 Å². The number of aromatic nitrogens is 1. The van der Waals surface area contributed by atoms with Crippen molar-refractivity contribution in [2.75, 3.05) is 26.2 Å². The van der Waals surface area contributed by atoms with Gasteiger partial charge in [-0.15, -0.1) is 11.3 Å². The van der Waals surface area contributed by atoms with Crippen LogP contribution in [0.5, 0.6) is 0 Å². The summed E-state index contributed by atoms with van der Waals surface area (Å²) in [5, 5.41) is 12.2. The van der Waals surface area contributed by atoms with Crippen molar-refractivity contribution in [3.8, 4) is 6.07 Å². The number of rotatable bonds is 3. The molecule has 1 atom stereocenters. The molecule has 2 heterocycles. The smallest absolute Gasteiger partial charge is 0.0950 e. The predicted molar refractivity (Wildman–Crippen MR) is 68.8 cm³/mol. The Labute approximate surface area is 106 Å². The lowest BCUT2D eigenvalue weighted by Gasteiger charge is -2.35. The van der Waals surface area contributed by atoms with Crippen LogP contribution in [0.3, 0.4) is 0 Å². The molecule has 1 aromatic heterocycles. The van der Waals surface area contributed by atoms with Crippen molar-refractivity contribution >= 4 is 11.3 Å². The Morgan fingerprint density at radius 3 is 2.71 bits per heavy atom. The van der Waals surface area contributed by atoms with Crippen molar-refractivity contribution in [3.05, 3.63) is 16.1 Å². The maximum absolute atomic E-state index is 8.88. The summed E-state index contributed by atoms with van der Waals surface area (Å²) < 4.78 is 0. The molecule has 0 amide bonds. The molecule has 17 heavy (non-hydrogen) atoms. The minimum absolute atomic E-state index is 0.0404. The van der Waals surface area contributed by atoms with E-state index in [-0.39, 0.29) is 6.04 Å². The van der Waals surface area contributed by atoms with Gasteiger partial charge < -0.3 is 0 Å². The van der Waals surface area contributed by atoms with E-state index >= 15 is 0 Å². The van der Waals surface area contributed by atoms with Crippen LogP contribution in [0, 0.1) is 18.3 Å². The highest BCUT2D eigenvalue weighted by molar-refractivity contribution is 7.09. The van der Waals surface area contributed by atoms with Crippen LogP contribution in [0.15, 0.2) is 5.38 Å². The zero-order chi connectivity index (χ0) is 12.3. The van der Waals surface area contributed by atoms with Gasteiger partial charge >= 0.3 is 0 Å². The van der Waals surface area contributed by atoms with E-state index in [1.165, 1.54) is 5.69 Å². The van der Waals surface area contributed by atoms with Crippen LogP contribution in [0.25, 0.3) is 0 Å². The monoisotopic (exact) mass is 250 g/mol. The van der Waals surface area contributed by atoms with Gasteiger partial charge in [0.15, 0.2) is 0 Å². The molecule has 1 aliphatic rings. The molecule has 1 unspecified atom stereocenters. The van der Waals surface area contributed by atoms with Gasteiger partial charge in [-0.2, -0.15) is 5.26 Å². The van der Waals surface area contributed by atoms with E-state index in [2.05, 4.69) is 26.2 Å². The minimum Gasteiger partial charge on any atom is -0.295 e. The lowest BCUT2D eigenvalue weighted by molar-refractivity contribution is 0.113. The van der Waals surface area contributed by atoms with E-state index in [0.717, 1.165) is 37.7 Å². The van der Waals surface area contributed by atoms with E-state index in [1.807, 2.05) is 13.8 Å². The summed E-state index contributed by atoms with van der Waals surface area (Å²) in [5.41, 5.74) is 1.18. The van der Waals surface area contributed by atoms with E-state index < -0.39 is 0 Å². The number of thiazole rings is 1. The van der Waals surface area contributed by atoms with Crippen LogP contribution in [0.2, 0.25) is 0 Å². The van der Waals surface area contributed by atoms with Crippen molar-refractivity contribution in [3.63, 3.8) is 0 Å². The Bertz CT molecular complexity index is 401. The van der Waals surface area contributed by atoms with Gasteiger partial charge in [-0.1, -0.05) is 0 Å². The van der Waals surface area contributed by atoms with Crippen LogP contribution < -0.4 is 0 Å². The number of piperazine rings is 1. The van der Waals surface area contributed by atoms with Crippen LogP contribution >= 0.6 is 11.3 Å². The first-order valence-corrected chi connectivity index (χ1v) is 6.84. The molecule has 1 aliphatic heterocycles. The molecular weight excluding hydrogens is 232 g/mol. The second-order valence-electron chi connectivity index (χ2n) is 4.48. The van der Waals surface area contributed by atoms with Gasteiger partial charge in [0.25, 0.3) is 0 Å². The van der Waals surface area contributed by atoms with Crippen molar-refractivity contribution in [2.45, 2.75) is 26.4 Å². The molecule has 5 heteroatoms. The highest BCUT2D eigenvalue weighted by atomic mass is 32.1. The fourth-order valence-electron chi connectivity index (χ4n) is 2.10. The van der Waals surface area contributed by atoms with Gasteiger partial charge in [-0.3, -0.25) is 9.80 Å². The largest absolute Gasteiger partial charge is 0.295 e. The van der Waals surface area contributed by atoms with E-state index in [9.17, 15) is 0 Å². The molecule has 0 saturated carbocycles. The van der Waals surface area contributed by atoms with Crippen LogP contribution in [0.1, 0.15) is 17.6 Å². The molecule has 1 saturated heterocycles. The Balaban J connectivity index is 1.82. The van der Waals surface area contributed by atoms with Crippen molar-refractivity contribution in [1.82, 2.24) is 14.8 Å². The van der Waals surface area contributed by atoms with Crippen molar-refractivity contribution in [1.29, 1.82) is 5.26 Å². The Kier molecular flexibility index (Phi) is 4.11. The molecule has 0 spiro atoms. The predicted octanol–water partition coefficient (Wildman–Crippen LogP) is 1.48. The Morgan fingerprint density at radius 2 is 2.18 bits per heavy atom. The normalized spacial score (nSPS) is 20.1. The molecule has 1 aromatic rings. The molecule has 1 fully saturated rings. The molecule has 0 N–H and O–H groups in total. The second-order valence-corrected chi connectivity index (χ2v) is 5.54. The fourth-order valence-corrected chi connectivity index (χ4v) is 2.70. The summed E-state index contributed by atoms with van der Waals surface area (Å²) in [6, 6.07) is 2.34. The highest BCUT2D eigenvalue weighted by Crippen LogP contribution is 2.13. The number of nitrogens with zero attached hydrogens (tertiary/aromatic N) is 4. The molecule has 4 nitrogen and oxygen atoms in total. The first-order valence-electron chi connectivity index (χ1n) is 5.96. The van der Waals surface area contributed by atoms with Crippen molar-refractivity contribution in [2.24, 2.45) is 0 Å². The highest BCUT2D eigenvalue weighted by Gasteiger charge is 2.20. The average Bonchev–Trinajstić information content (AvgIpc) is 2.75. The average molecular weight is 250 g/mol. The first kappa shape index (κ1) is 12.5. The molecule has 92 valence electrons. The number of aryl methyl sites for hydroxylation is 1. The van der Waals surface area contributed by atoms with Crippen molar-refractivity contribution < 1.29 is 0 Å². The molecule has 0 bridgehead atoms. The van der Waals surface area contributed by atoms with E-state index in [4.69, 9.17) is 5.26 Å². The van der Waals surface area contributed by atoms with Crippen LogP contribution in [0.4, 0.5) is 0 Å². The quantitative estimate of drug-likeness (QED) is 0.815. The summed E-state index contributed by atoms with van der Waals surface area (Å²) in [5.74, 6) is 0. The Hall–Kier alpha value is -0.960. The summed E-state index contributed by atoms with van der Waals surface area (Å²) in [6.07, 6.45) is 0. The number of hydrogen-bond donors (Lipinski definition) is 0. The maximum atomic E-state index is 8.88.